The van der Waals surface area contributed by atoms with Crippen LogP contribution >= 0.6 is 0 Å². The van der Waals surface area contributed by atoms with Crippen molar-refractivity contribution in [3.05, 3.63) is 29.8 Å². The number of rotatable bonds is 4. The first-order chi connectivity index (χ1) is 7.91. The van der Waals surface area contributed by atoms with Gasteiger partial charge in [0, 0.05) is 19.3 Å². The van der Waals surface area contributed by atoms with Crippen LogP contribution in [-0.2, 0) is 0 Å². The molecule has 0 radical (unpaired) electrons. The van der Waals surface area contributed by atoms with Crippen molar-refractivity contribution in [2.45, 2.75) is 33.2 Å². The lowest BCUT2D eigenvalue weighted by Crippen LogP contribution is -2.35. The fourth-order valence-corrected chi connectivity index (χ4v) is 1.75. The fourth-order valence-electron chi connectivity index (χ4n) is 1.75. The van der Waals surface area contributed by atoms with Crippen molar-refractivity contribution in [2.24, 2.45) is 5.92 Å². The van der Waals surface area contributed by atoms with Gasteiger partial charge >= 0.3 is 0 Å². The molecule has 0 aliphatic rings. The van der Waals surface area contributed by atoms with Gasteiger partial charge in [-0.2, -0.15) is 4.39 Å². The first kappa shape index (κ1) is 13.6. The van der Waals surface area contributed by atoms with Crippen LogP contribution in [-0.4, -0.2) is 28.9 Å². The number of carbonyl (C=O) groups is 1. The van der Waals surface area contributed by atoms with Crippen molar-refractivity contribution in [2.75, 3.05) is 7.05 Å². The molecular formula is C13H19FN2O. The third-order valence-electron chi connectivity index (χ3n) is 2.77. The predicted octanol–water partition coefficient (Wildman–Crippen LogP) is 2.73. The lowest BCUT2D eigenvalue weighted by atomic mass is 10.0. The van der Waals surface area contributed by atoms with Crippen molar-refractivity contribution in [3.63, 3.8) is 0 Å². The molecular weight excluding hydrogens is 219 g/mol. The molecule has 1 amide bonds. The van der Waals surface area contributed by atoms with E-state index >= 15 is 0 Å². The molecule has 0 fully saturated rings. The second kappa shape index (κ2) is 5.75. The molecule has 1 unspecified atom stereocenters. The lowest BCUT2D eigenvalue weighted by molar-refractivity contribution is 0.0727. The van der Waals surface area contributed by atoms with Crippen LogP contribution in [0.15, 0.2) is 18.3 Å². The largest absolute Gasteiger partial charge is 0.339 e. The predicted molar refractivity (Wildman–Crippen MR) is 65.2 cm³/mol. The van der Waals surface area contributed by atoms with Crippen molar-refractivity contribution in [3.8, 4) is 0 Å². The molecule has 0 aliphatic carbocycles. The minimum Gasteiger partial charge on any atom is -0.339 e. The molecule has 0 spiro atoms. The minimum atomic E-state index is -0.570. The Kier molecular flexibility index (Phi) is 4.61. The summed E-state index contributed by atoms with van der Waals surface area (Å²) in [5.74, 6) is -0.156. The maximum atomic E-state index is 12.6. The number of halogens is 1. The molecule has 1 atom stereocenters. The van der Waals surface area contributed by atoms with Gasteiger partial charge in [-0.3, -0.25) is 4.79 Å². The molecule has 1 heterocycles. The standard InChI is InChI=1S/C13H19FN2O/c1-9(2)7-10(3)16(4)13(17)11-5-6-12(14)15-8-11/h5-6,8-10H,7H2,1-4H3. The maximum absolute atomic E-state index is 12.6. The van der Waals surface area contributed by atoms with Crippen LogP contribution in [0.2, 0.25) is 0 Å². The summed E-state index contributed by atoms with van der Waals surface area (Å²) in [5, 5.41) is 0. The summed E-state index contributed by atoms with van der Waals surface area (Å²) in [4.78, 5) is 17.2. The van der Waals surface area contributed by atoms with Gasteiger partial charge in [0.1, 0.15) is 0 Å². The van der Waals surface area contributed by atoms with E-state index in [9.17, 15) is 9.18 Å². The van der Waals surface area contributed by atoms with Gasteiger partial charge in [0.15, 0.2) is 0 Å². The molecule has 4 heteroatoms. The van der Waals surface area contributed by atoms with Crippen LogP contribution in [0.25, 0.3) is 0 Å². The SMILES string of the molecule is CC(C)CC(C)N(C)C(=O)c1ccc(F)nc1. The molecule has 0 saturated heterocycles. The number of carbonyl (C=O) groups excluding carboxylic acids is 1. The summed E-state index contributed by atoms with van der Waals surface area (Å²) in [6.07, 6.45) is 2.22. The molecule has 0 N–H and O–H groups in total. The molecule has 1 aromatic rings. The highest BCUT2D eigenvalue weighted by Gasteiger charge is 2.18. The Morgan fingerprint density at radius 3 is 2.53 bits per heavy atom. The number of aromatic nitrogens is 1. The van der Waals surface area contributed by atoms with Gasteiger partial charge in [0.05, 0.1) is 5.56 Å². The van der Waals surface area contributed by atoms with E-state index in [1.165, 1.54) is 18.3 Å². The van der Waals surface area contributed by atoms with Gasteiger partial charge < -0.3 is 4.90 Å². The van der Waals surface area contributed by atoms with E-state index in [0.29, 0.717) is 11.5 Å². The second-order valence-corrected chi connectivity index (χ2v) is 4.76. The minimum absolute atomic E-state index is 0.120. The van der Waals surface area contributed by atoms with Gasteiger partial charge in [-0.25, -0.2) is 4.98 Å². The summed E-state index contributed by atoms with van der Waals surface area (Å²) >= 11 is 0. The van der Waals surface area contributed by atoms with E-state index in [4.69, 9.17) is 0 Å². The zero-order valence-corrected chi connectivity index (χ0v) is 10.8. The molecule has 94 valence electrons. The Morgan fingerprint density at radius 1 is 1.41 bits per heavy atom. The van der Waals surface area contributed by atoms with Crippen molar-refractivity contribution >= 4 is 5.91 Å². The fraction of sp³-hybridized carbons (Fsp3) is 0.538. The van der Waals surface area contributed by atoms with Crippen LogP contribution in [0.5, 0.6) is 0 Å². The molecule has 0 saturated carbocycles. The molecule has 0 aliphatic heterocycles. The van der Waals surface area contributed by atoms with Gasteiger partial charge in [0.25, 0.3) is 5.91 Å². The second-order valence-electron chi connectivity index (χ2n) is 4.76. The highest BCUT2D eigenvalue weighted by molar-refractivity contribution is 5.93. The van der Waals surface area contributed by atoms with Crippen LogP contribution in [0.3, 0.4) is 0 Å². The van der Waals surface area contributed by atoms with Crippen LogP contribution in [0.1, 0.15) is 37.6 Å². The van der Waals surface area contributed by atoms with E-state index in [0.717, 1.165) is 6.42 Å². The van der Waals surface area contributed by atoms with Crippen molar-refractivity contribution in [1.82, 2.24) is 9.88 Å². The van der Waals surface area contributed by atoms with E-state index in [1.54, 1.807) is 11.9 Å². The van der Waals surface area contributed by atoms with Gasteiger partial charge in [-0.1, -0.05) is 13.8 Å². The zero-order valence-electron chi connectivity index (χ0n) is 10.8. The highest BCUT2D eigenvalue weighted by atomic mass is 19.1. The topological polar surface area (TPSA) is 33.2 Å². The van der Waals surface area contributed by atoms with Crippen LogP contribution in [0, 0.1) is 11.9 Å². The Balaban J connectivity index is 2.72. The summed E-state index contributed by atoms with van der Waals surface area (Å²) < 4.78 is 12.6. The Bertz CT molecular complexity index is 376. The summed E-state index contributed by atoms with van der Waals surface area (Å²) in [6.45, 7) is 6.25. The Hall–Kier alpha value is -1.45. The number of nitrogens with zero attached hydrogens (tertiary/aromatic N) is 2. The normalized spacial score (nSPS) is 12.6. The van der Waals surface area contributed by atoms with Gasteiger partial charge in [-0.15, -0.1) is 0 Å². The van der Waals surface area contributed by atoms with E-state index in [1.807, 2.05) is 6.92 Å². The van der Waals surface area contributed by atoms with Crippen molar-refractivity contribution in [1.29, 1.82) is 0 Å². The van der Waals surface area contributed by atoms with E-state index in [2.05, 4.69) is 18.8 Å². The number of amides is 1. The van der Waals surface area contributed by atoms with Gasteiger partial charge in [-0.05, 0) is 31.4 Å². The number of hydrogen-bond donors (Lipinski definition) is 0. The number of hydrogen-bond acceptors (Lipinski definition) is 2. The molecule has 1 rings (SSSR count). The molecule has 0 aromatic carbocycles. The summed E-state index contributed by atoms with van der Waals surface area (Å²) in [7, 11) is 1.76. The average molecular weight is 238 g/mol. The third-order valence-corrected chi connectivity index (χ3v) is 2.77. The average Bonchev–Trinajstić information content (AvgIpc) is 2.27. The summed E-state index contributed by atoms with van der Waals surface area (Å²) in [5.41, 5.74) is 0.421. The molecule has 0 bridgehead atoms. The van der Waals surface area contributed by atoms with Crippen LogP contribution < -0.4 is 0 Å². The Labute approximate surface area is 102 Å². The van der Waals surface area contributed by atoms with Gasteiger partial charge in [0.2, 0.25) is 5.95 Å². The lowest BCUT2D eigenvalue weighted by Gasteiger charge is -2.26. The van der Waals surface area contributed by atoms with E-state index < -0.39 is 5.95 Å². The molecule has 17 heavy (non-hydrogen) atoms. The van der Waals surface area contributed by atoms with Crippen LogP contribution in [0.4, 0.5) is 4.39 Å². The summed E-state index contributed by atoms with van der Waals surface area (Å²) in [6, 6.07) is 2.82. The molecule has 1 aromatic heterocycles. The van der Waals surface area contributed by atoms with Crippen molar-refractivity contribution < 1.29 is 9.18 Å². The number of pyridine rings is 1. The molecule has 3 nitrogen and oxygen atoms in total. The van der Waals surface area contributed by atoms with E-state index in [-0.39, 0.29) is 11.9 Å². The zero-order chi connectivity index (χ0) is 13.0. The maximum Gasteiger partial charge on any atom is 0.255 e. The Morgan fingerprint density at radius 2 is 2.06 bits per heavy atom. The smallest absolute Gasteiger partial charge is 0.255 e. The highest BCUT2D eigenvalue weighted by Crippen LogP contribution is 2.12. The quantitative estimate of drug-likeness (QED) is 0.756. The first-order valence-electron chi connectivity index (χ1n) is 5.80. The first-order valence-corrected chi connectivity index (χ1v) is 5.80. The monoisotopic (exact) mass is 238 g/mol. The third kappa shape index (κ3) is 3.80.